The lowest BCUT2D eigenvalue weighted by atomic mass is 9.77. The molecule has 0 bridgehead atoms. The fourth-order valence-electron chi connectivity index (χ4n) is 4.86. The Hall–Kier alpha value is -3.00. The number of ether oxygens (including phenoxy) is 2. The van der Waals surface area contributed by atoms with Gasteiger partial charge in [0.2, 0.25) is 0 Å². The third-order valence-corrected chi connectivity index (χ3v) is 12.3. The van der Waals surface area contributed by atoms with Crippen molar-refractivity contribution in [2.75, 3.05) is 17.3 Å². The highest BCUT2D eigenvalue weighted by Crippen LogP contribution is 2.38. The van der Waals surface area contributed by atoms with Gasteiger partial charge in [-0.25, -0.2) is 0 Å². The zero-order valence-corrected chi connectivity index (χ0v) is 29.4. The minimum absolute atomic E-state index is 0.292. The van der Waals surface area contributed by atoms with Gasteiger partial charge in [0, 0.05) is 22.5 Å². The van der Waals surface area contributed by atoms with Crippen LogP contribution in [0, 0.1) is 6.92 Å². The van der Waals surface area contributed by atoms with E-state index in [4.69, 9.17) is 14.0 Å². The molecule has 0 aliphatic heterocycles. The fraction of sp³-hybridized carbons (Fsp3) is 0.294. The molecule has 0 spiro atoms. The summed E-state index contributed by atoms with van der Waals surface area (Å²) < 4.78 is 75.2. The molecule has 0 aliphatic rings. The van der Waals surface area contributed by atoms with Crippen molar-refractivity contribution in [2.45, 2.75) is 44.1 Å². The maximum atomic E-state index is 11.4. The molecular weight excluding hydrogens is 665 g/mol. The van der Waals surface area contributed by atoms with Gasteiger partial charge >= 0.3 is 0 Å². The number of hydrogen-bond acceptors (Lipinski definition) is 8. The lowest BCUT2D eigenvalue weighted by Gasteiger charge is -2.28. The molecule has 0 aromatic heterocycles. The van der Waals surface area contributed by atoms with Crippen LogP contribution in [0.15, 0.2) is 84.9 Å². The van der Waals surface area contributed by atoms with Crippen LogP contribution in [0.4, 0.5) is 0 Å². The van der Waals surface area contributed by atoms with Crippen LogP contribution in [0.2, 0.25) is 0 Å². The molecule has 0 amide bonds. The van der Waals surface area contributed by atoms with Crippen molar-refractivity contribution in [3.63, 3.8) is 0 Å². The first-order valence-corrected chi connectivity index (χ1v) is 19.8. The second-order valence-corrected chi connectivity index (χ2v) is 17.1. The first kappa shape index (κ1) is 35.8. The van der Waals surface area contributed by atoms with Gasteiger partial charge < -0.3 is 9.47 Å². The monoisotopic (exact) mass is 702 g/mol. The van der Waals surface area contributed by atoms with E-state index in [-0.39, 0.29) is 5.08 Å². The average molecular weight is 703 g/mol. The number of benzene rings is 4. The second kappa shape index (κ2) is 15.3. The van der Waals surface area contributed by atoms with E-state index in [1.165, 1.54) is 0 Å². The van der Waals surface area contributed by atoms with Gasteiger partial charge in [0.15, 0.2) is 0 Å². The predicted molar refractivity (Wildman–Crippen MR) is 187 cm³/mol. The van der Waals surface area contributed by atoms with Crippen LogP contribution >= 0.6 is 23.5 Å². The number of rotatable bonds is 15. The van der Waals surface area contributed by atoms with Crippen molar-refractivity contribution in [1.29, 1.82) is 0 Å². The lowest BCUT2D eigenvalue weighted by Crippen LogP contribution is -2.19. The van der Waals surface area contributed by atoms with Gasteiger partial charge in [0.25, 0.3) is 20.2 Å². The summed E-state index contributed by atoms with van der Waals surface area (Å²) in [5.74, 6) is 2.75. The van der Waals surface area contributed by atoms with Crippen LogP contribution in [-0.4, -0.2) is 43.2 Å². The summed E-state index contributed by atoms with van der Waals surface area (Å²) in [7, 11) is -6.57. The smallest absolute Gasteiger partial charge is 0.274 e. The Kier molecular flexibility index (Phi) is 11.9. The van der Waals surface area contributed by atoms with Crippen molar-refractivity contribution in [1.82, 2.24) is 0 Å². The Balaban J connectivity index is 1.57. The Morgan fingerprint density at radius 2 is 1.15 bits per heavy atom. The largest absolute Gasteiger partial charge is 0.497 e. The van der Waals surface area contributed by atoms with Crippen LogP contribution in [-0.2, 0) is 43.6 Å². The molecule has 0 saturated heterocycles. The molecule has 0 radical (unpaired) electrons. The zero-order valence-electron chi connectivity index (χ0n) is 26.1. The molecule has 2 N–H and O–H groups in total. The highest BCUT2D eigenvalue weighted by molar-refractivity contribution is 8.10. The Morgan fingerprint density at radius 1 is 0.674 bits per heavy atom. The predicted octanol–water partition coefficient (Wildman–Crippen LogP) is 7.87. The molecule has 46 heavy (non-hydrogen) atoms. The zero-order chi connectivity index (χ0) is 33.5. The first-order chi connectivity index (χ1) is 21.6. The Morgan fingerprint density at radius 3 is 1.67 bits per heavy atom. The van der Waals surface area contributed by atoms with Gasteiger partial charge in [-0.3, -0.25) is 9.11 Å². The molecule has 4 rings (SSSR count). The average Bonchev–Trinajstić information content (AvgIpc) is 2.99. The maximum Gasteiger partial charge on any atom is 0.274 e. The molecule has 0 fully saturated rings. The molecule has 0 unspecified atom stereocenters. The number of thioether (sulfide) groups is 2. The van der Waals surface area contributed by atoms with Crippen molar-refractivity contribution >= 4 is 43.8 Å². The van der Waals surface area contributed by atoms with E-state index in [2.05, 4.69) is 19.9 Å². The lowest BCUT2D eigenvalue weighted by molar-refractivity contribution is 0.414. The van der Waals surface area contributed by atoms with Gasteiger partial charge in [-0.15, -0.1) is 23.5 Å². The molecule has 12 heteroatoms. The summed E-state index contributed by atoms with van der Waals surface area (Å²) in [4.78, 5) is 0. The molecule has 246 valence electrons. The molecule has 0 saturated carbocycles. The second-order valence-electron chi connectivity index (χ2n) is 11.5. The summed E-state index contributed by atoms with van der Waals surface area (Å²) in [5, 5.41) is -0.819. The molecule has 8 nitrogen and oxygen atoms in total. The summed E-state index contributed by atoms with van der Waals surface area (Å²) in [6.45, 7) is 6.13. The van der Waals surface area contributed by atoms with Crippen LogP contribution in [0.1, 0.15) is 52.8 Å². The number of methoxy groups -OCH3 is 1. The molecular formula is C34H38O8S4. The first-order valence-electron chi connectivity index (χ1n) is 14.3. The number of aryl methyl sites for hydroxylation is 1. The standard InChI is InChI=1S/C34H38O8S4/c1-24-5-10-29(18-27(24)20-43-22-45(35,36)37)34(2,3)30-11-16-33(28(19-30)21-44-23-46(38,39)40)42-32-14-8-26(9-15-32)17-25-6-12-31(41-4)13-7-25/h5-16,18-19H,17,20-23H2,1-4H3,(H,35,36,37)(H,38,39,40). The quantitative estimate of drug-likeness (QED) is 0.118. The highest BCUT2D eigenvalue weighted by Gasteiger charge is 2.25. The van der Waals surface area contributed by atoms with Crippen LogP contribution < -0.4 is 9.47 Å². The van der Waals surface area contributed by atoms with E-state index in [9.17, 15) is 21.4 Å². The third kappa shape index (κ3) is 10.5. The Labute approximate surface area is 280 Å². The SMILES string of the molecule is COc1ccc(Cc2ccc(Oc3ccc(C(C)(C)c4ccc(C)c(CSCS(=O)(=O)O)c4)cc3CSCS(=O)(=O)O)cc2)cc1. The van der Waals surface area contributed by atoms with Gasteiger partial charge in [-0.05, 0) is 77.1 Å². The third-order valence-electron chi connectivity index (χ3n) is 7.55. The summed E-state index contributed by atoms with van der Waals surface area (Å²) in [6.07, 6.45) is 0.755. The van der Waals surface area contributed by atoms with E-state index in [1.807, 2.05) is 85.8 Å². The Bertz CT molecular complexity index is 1850. The summed E-state index contributed by atoms with van der Waals surface area (Å²) >= 11 is 2.21. The van der Waals surface area contributed by atoms with Gasteiger partial charge in [0.1, 0.15) is 27.4 Å². The fourth-order valence-corrected chi connectivity index (χ4v) is 8.19. The van der Waals surface area contributed by atoms with E-state index in [0.717, 1.165) is 74.6 Å². The van der Waals surface area contributed by atoms with Gasteiger partial charge in [0.05, 0.1) is 7.11 Å². The number of hydrogen-bond donors (Lipinski definition) is 2. The summed E-state index contributed by atoms with van der Waals surface area (Å²) in [6, 6.07) is 27.7. The van der Waals surface area contributed by atoms with Crippen molar-refractivity contribution in [3.8, 4) is 17.2 Å². The molecule has 0 heterocycles. The van der Waals surface area contributed by atoms with E-state index >= 15 is 0 Å². The van der Waals surface area contributed by atoms with E-state index < -0.39 is 30.7 Å². The highest BCUT2D eigenvalue weighted by atomic mass is 32.3. The van der Waals surface area contributed by atoms with Crippen LogP contribution in [0.5, 0.6) is 17.2 Å². The molecule has 4 aromatic rings. The van der Waals surface area contributed by atoms with Crippen LogP contribution in [0.25, 0.3) is 0 Å². The minimum Gasteiger partial charge on any atom is -0.497 e. The minimum atomic E-state index is -4.15. The van der Waals surface area contributed by atoms with Crippen molar-refractivity contribution in [3.05, 3.63) is 124 Å². The van der Waals surface area contributed by atoms with Crippen molar-refractivity contribution < 1.29 is 35.4 Å². The van der Waals surface area contributed by atoms with Gasteiger partial charge in [-0.2, -0.15) is 16.8 Å². The summed E-state index contributed by atoms with van der Waals surface area (Å²) in [5.41, 5.74) is 6.55. The molecule has 4 aromatic carbocycles. The molecule has 0 aliphatic carbocycles. The maximum absolute atomic E-state index is 11.4. The topological polar surface area (TPSA) is 127 Å². The van der Waals surface area contributed by atoms with Gasteiger partial charge in [-0.1, -0.05) is 68.4 Å². The van der Waals surface area contributed by atoms with E-state index in [0.29, 0.717) is 23.0 Å². The van der Waals surface area contributed by atoms with Crippen LogP contribution in [0.3, 0.4) is 0 Å². The molecule has 0 atom stereocenters. The normalized spacial score (nSPS) is 12.2. The van der Waals surface area contributed by atoms with Crippen molar-refractivity contribution in [2.24, 2.45) is 0 Å². The van der Waals surface area contributed by atoms with E-state index in [1.54, 1.807) is 7.11 Å².